The molecule has 0 aromatic carbocycles. The Bertz CT molecular complexity index is 324. The van der Waals surface area contributed by atoms with Gasteiger partial charge >= 0.3 is 5.97 Å². The summed E-state index contributed by atoms with van der Waals surface area (Å²) < 4.78 is 4.75. The molecule has 5 heteroatoms. The first-order valence-corrected chi connectivity index (χ1v) is 4.02. The SMILES string of the molecule is COC1=C(O)C(C)(O)CC(C(=O)O)=C1. The molecule has 1 aliphatic carbocycles. The number of methoxy groups -OCH3 is 1. The molecule has 0 aliphatic heterocycles. The van der Waals surface area contributed by atoms with Crippen LogP contribution in [-0.4, -0.2) is 34.0 Å². The number of hydrogen-bond acceptors (Lipinski definition) is 4. The van der Waals surface area contributed by atoms with Gasteiger partial charge in [0.05, 0.1) is 7.11 Å². The van der Waals surface area contributed by atoms with Gasteiger partial charge in [-0.05, 0) is 13.0 Å². The average molecular weight is 200 g/mol. The number of rotatable bonds is 2. The molecule has 0 bridgehead atoms. The first kappa shape index (κ1) is 10.6. The van der Waals surface area contributed by atoms with Gasteiger partial charge in [0.15, 0.2) is 11.5 Å². The second-order valence-electron chi connectivity index (χ2n) is 3.34. The summed E-state index contributed by atoms with van der Waals surface area (Å²) in [5.41, 5.74) is -1.57. The topological polar surface area (TPSA) is 87.0 Å². The monoisotopic (exact) mass is 200 g/mol. The molecule has 3 N–H and O–H groups in total. The van der Waals surface area contributed by atoms with Crippen LogP contribution < -0.4 is 0 Å². The van der Waals surface area contributed by atoms with Crippen molar-refractivity contribution in [2.45, 2.75) is 18.9 Å². The fourth-order valence-electron chi connectivity index (χ4n) is 1.29. The molecule has 1 rings (SSSR count). The van der Waals surface area contributed by atoms with Crippen LogP contribution in [0.5, 0.6) is 0 Å². The molecule has 0 saturated heterocycles. The van der Waals surface area contributed by atoms with E-state index in [9.17, 15) is 15.0 Å². The van der Waals surface area contributed by atoms with Crippen LogP contribution in [0.25, 0.3) is 0 Å². The minimum atomic E-state index is -1.58. The second kappa shape index (κ2) is 3.34. The summed E-state index contributed by atoms with van der Waals surface area (Å²) in [6.07, 6.45) is 1.07. The van der Waals surface area contributed by atoms with Crippen molar-refractivity contribution in [2.24, 2.45) is 0 Å². The Morgan fingerprint density at radius 3 is 2.64 bits per heavy atom. The van der Waals surface area contributed by atoms with Crippen LogP contribution in [0.3, 0.4) is 0 Å². The summed E-state index contributed by atoms with van der Waals surface area (Å²) in [5, 5.41) is 27.9. The van der Waals surface area contributed by atoms with Crippen molar-refractivity contribution < 1.29 is 24.9 Å². The first-order valence-electron chi connectivity index (χ1n) is 4.02. The Morgan fingerprint density at radius 2 is 2.21 bits per heavy atom. The molecule has 0 aromatic rings. The highest BCUT2D eigenvalue weighted by Gasteiger charge is 2.35. The van der Waals surface area contributed by atoms with Crippen LogP contribution in [-0.2, 0) is 9.53 Å². The molecule has 0 fully saturated rings. The van der Waals surface area contributed by atoms with Crippen molar-refractivity contribution in [3.63, 3.8) is 0 Å². The summed E-state index contributed by atoms with van der Waals surface area (Å²) in [4.78, 5) is 10.7. The first-order chi connectivity index (χ1) is 6.38. The molecule has 0 heterocycles. The van der Waals surface area contributed by atoms with Crippen molar-refractivity contribution in [3.05, 3.63) is 23.2 Å². The number of aliphatic hydroxyl groups is 2. The minimum Gasteiger partial charge on any atom is -0.506 e. The Hall–Kier alpha value is -1.49. The molecule has 1 atom stereocenters. The number of aliphatic carboxylic acids is 1. The van der Waals surface area contributed by atoms with E-state index in [2.05, 4.69) is 0 Å². The maximum atomic E-state index is 10.7. The number of allylic oxidation sites excluding steroid dienone is 1. The molecule has 0 radical (unpaired) electrons. The Balaban J connectivity index is 3.16. The van der Waals surface area contributed by atoms with E-state index in [-0.39, 0.29) is 23.5 Å². The van der Waals surface area contributed by atoms with Crippen molar-refractivity contribution >= 4 is 5.97 Å². The highest BCUT2D eigenvalue weighted by molar-refractivity contribution is 5.88. The maximum absolute atomic E-state index is 10.7. The predicted molar refractivity (Wildman–Crippen MR) is 47.6 cm³/mol. The standard InChI is InChI=1S/C9H12O5/c1-9(13)4-5(8(11)12)3-6(14-2)7(9)10/h3,10,13H,4H2,1-2H3,(H,11,12). The van der Waals surface area contributed by atoms with Crippen molar-refractivity contribution in [2.75, 3.05) is 7.11 Å². The summed E-state index contributed by atoms with van der Waals surface area (Å²) in [5.74, 6) is -1.49. The van der Waals surface area contributed by atoms with Crippen molar-refractivity contribution in [1.82, 2.24) is 0 Å². The molecule has 1 unspecified atom stereocenters. The van der Waals surface area contributed by atoms with Crippen molar-refractivity contribution in [1.29, 1.82) is 0 Å². The van der Waals surface area contributed by atoms with Gasteiger partial charge in [0, 0.05) is 12.0 Å². The number of carboxylic acids is 1. The van der Waals surface area contributed by atoms with E-state index in [0.717, 1.165) is 0 Å². The number of aliphatic hydroxyl groups excluding tert-OH is 1. The molecular weight excluding hydrogens is 188 g/mol. The zero-order valence-electron chi connectivity index (χ0n) is 7.94. The lowest BCUT2D eigenvalue weighted by molar-refractivity contribution is -0.133. The summed E-state index contributed by atoms with van der Waals surface area (Å²) in [6.45, 7) is 1.33. The molecule has 78 valence electrons. The lowest BCUT2D eigenvalue weighted by Crippen LogP contribution is -2.33. The quantitative estimate of drug-likeness (QED) is 0.606. The molecular formula is C9H12O5. The maximum Gasteiger partial charge on any atom is 0.331 e. The molecule has 0 aromatic heterocycles. The fraction of sp³-hybridized carbons (Fsp3) is 0.444. The van der Waals surface area contributed by atoms with Crippen molar-refractivity contribution in [3.8, 4) is 0 Å². The predicted octanol–water partition coefficient (Wildman–Crippen LogP) is 0.568. The zero-order chi connectivity index (χ0) is 10.9. The fourth-order valence-corrected chi connectivity index (χ4v) is 1.29. The van der Waals surface area contributed by atoms with Crippen LogP contribution in [0.2, 0.25) is 0 Å². The van der Waals surface area contributed by atoms with E-state index in [1.165, 1.54) is 20.1 Å². The Labute approximate surface area is 80.9 Å². The van der Waals surface area contributed by atoms with Gasteiger partial charge in [-0.2, -0.15) is 0 Å². The van der Waals surface area contributed by atoms with E-state index in [1.807, 2.05) is 0 Å². The van der Waals surface area contributed by atoms with Gasteiger partial charge in [0.2, 0.25) is 0 Å². The number of ether oxygens (including phenoxy) is 1. The lowest BCUT2D eigenvalue weighted by Gasteiger charge is -2.27. The van der Waals surface area contributed by atoms with Crippen LogP contribution in [0.4, 0.5) is 0 Å². The molecule has 14 heavy (non-hydrogen) atoms. The summed E-state index contributed by atoms with van der Waals surface area (Å²) in [6, 6.07) is 0. The van der Waals surface area contributed by atoms with E-state index in [4.69, 9.17) is 9.84 Å². The third-order valence-electron chi connectivity index (χ3n) is 2.08. The molecule has 0 saturated carbocycles. The Kier molecular flexibility index (Phi) is 2.53. The largest absolute Gasteiger partial charge is 0.506 e. The van der Waals surface area contributed by atoms with E-state index >= 15 is 0 Å². The van der Waals surface area contributed by atoms with Gasteiger partial charge in [0.25, 0.3) is 0 Å². The van der Waals surface area contributed by atoms with Gasteiger partial charge < -0.3 is 20.1 Å². The number of carbonyl (C=O) groups is 1. The van der Waals surface area contributed by atoms with E-state index < -0.39 is 11.6 Å². The third kappa shape index (κ3) is 1.72. The molecule has 0 amide bonds. The second-order valence-corrected chi connectivity index (χ2v) is 3.34. The smallest absolute Gasteiger partial charge is 0.331 e. The van der Waals surface area contributed by atoms with Crippen LogP contribution >= 0.6 is 0 Å². The number of carboxylic acid groups (broad SMARTS) is 1. The van der Waals surface area contributed by atoms with Crippen LogP contribution in [0.1, 0.15) is 13.3 Å². The average Bonchev–Trinajstić information content (AvgIpc) is 2.09. The molecule has 5 nitrogen and oxygen atoms in total. The van der Waals surface area contributed by atoms with Gasteiger partial charge in [-0.15, -0.1) is 0 Å². The van der Waals surface area contributed by atoms with Crippen LogP contribution in [0, 0.1) is 0 Å². The van der Waals surface area contributed by atoms with Crippen LogP contribution in [0.15, 0.2) is 23.2 Å². The summed E-state index contributed by atoms with van der Waals surface area (Å²) in [7, 11) is 1.29. The Morgan fingerprint density at radius 1 is 1.64 bits per heavy atom. The third-order valence-corrected chi connectivity index (χ3v) is 2.08. The van der Waals surface area contributed by atoms with E-state index in [1.54, 1.807) is 0 Å². The van der Waals surface area contributed by atoms with Gasteiger partial charge in [0.1, 0.15) is 5.60 Å². The summed E-state index contributed by atoms with van der Waals surface area (Å²) >= 11 is 0. The highest BCUT2D eigenvalue weighted by atomic mass is 16.5. The highest BCUT2D eigenvalue weighted by Crippen LogP contribution is 2.31. The molecule has 1 aliphatic rings. The van der Waals surface area contributed by atoms with E-state index in [0.29, 0.717) is 0 Å². The van der Waals surface area contributed by atoms with Gasteiger partial charge in [-0.25, -0.2) is 4.79 Å². The zero-order valence-corrected chi connectivity index (χ0v) is 7.94. The minimum absolute atomic E-state index is 0.00431. The molecule has 0 spiro atoms. The lowest BCUT2D eigenvalue weighted by atomic mass is 9.89. The van der Waals surface area contributed by atoms with Gasteiger partial charge in [-0.1, -0.05) is 0 Å². The number of hydrogen-bond donors (Lipinski definition) is 3. The van der Waals surface area contributed by atoms with Gasteiger partial charge in [-0.3, -0.25) is 0 Å². The normalized spacial score (nSPS) is 27.2.